The highest BCUT2D eigenvalue weighted by molar-refractivity contribution is 5.94. The van der Waals surface area contributed by atoms with Crippen LogP contribution in [0.2, 0.25) is 0 Å². The van der Waals surface area contributed by atoms with E-state index in [1.807, 2.05) is 0 Å². The van der Waals surface area contributed by atoms with Gasteiger partial charge in [-0.25, -0.2) is 9.37 Å². The van der Waals surface area contributed by atoms with Gasteiger partial charge in [0.25, 0.3) is 5.91 Å². The van der Waals surface area contributed by atoms with Crippen LogP contribution in [0.5, 0.6) is 6.08 Å². The highest BCUT2D eigenvalue weighted by Gasteiger charge is 2.35. The van der Waals surface area contributed by atoms with Crippen LogP contribution >= 0.6 is 0 Å². The molecule has 1 amide bonds. The molecule has 16 heteroatoms. The highest BCUT2D eigenvalue weighted by Crippen LogP contribution is 2.33. The lowest BCUT2D eigenvalue weighted by atomic mass is 10.0. The fourth-order valence-electron chi connectivity index (χ4n) is 3.44. The molecule has 1 aliphatic rings. The van der Waals surface area contributed by atoms with Gasteiger partial charge in [0.05, 0.1) is 42.0 Å². The molecule has 0 bridgehead atoms. The van der Waals surface area contributed by atoms with Gasteiger partial charge in [0.15, 0.2) is 0 Å². The maximum absolute atomic E-state index is 13.9. The van der Waals surface area contributed by atoms with Gasteiger partial charge in [-0.15, -0.1) is 5.10 Å². The van der Waals surface area contributed by atoms with Gasteiger partial charge in [-0.1, -0.05) is 5.10 Å². The third-order valence-corrected chi connectivity index (χ3v) is 5.14. The van der Waals surface area contributed by atoms with Crippen molar-refractivity contribution in [3.63, 3.8) is 0 Å². The third-order valence-electron chi connectivity index (χ3n) is 5.14. The largest absolute Gasteiger partial charge is 0.447 e. The molecule has 1 aliphatic heterocycles. The minimum absolute atomic E-state index is 0.0545. The number of fused-ring (bicyclic) bond motifs is 1. The van der Waals surface area contributed by atoms with Crippen LogP contribution in [0.25, 0.3) is 11.0 Å². The van der Waals surface area contributed by atoms with Crippen molar-refractivity contribution in [1.29, 1.82) is 0 Å². The zero-order valence-corrected chi connectivity index (χ0v) is 19.0. The monoisotopic (exact) mass is 535 g/mol. The van der Waals surface area contributed by atoms with Crippen LogP contribution < -0.4 is 10.1 Å². The minimum atomic E-state index is -4.89. The number of benzene rings is 1. The molecule has 1 fully saturated rings. The predicted octanol–water partition coefficient (Wildman–Crippen LogP) is 3.83. The van der Waals surface area contributed by atoms with E-state index in [4.69, 9.17) is 13.9 Å². The average Bonchev–Trinajstić information content (AvgIpc) is 3.29. The summed E-state index contributed by atoms with van der Waals surface area (Å²) in [5.41, 5.74) is -2.11. The van der Waals surface area contributed by atoms with Crippen LogP contribution in [-0.4, -0.2) is 58.0 Å². The molecule has 0 unspecified atom stereocenters. The van der Waals surface area contributed by atoms with E-state index in [1.165, 1.54) is 0 Å². The van der Waals surface area contributed by atoms with E-state index in [9.17, 15) is 31.1 Å². The Morgan fingerprint density at radius 3 is 2.59 bits per heavy atom. The number of alkyl halides is 5. The standard InChI is InChI=1S/C21H19F6N5O5/c1-20(23,24)36-5-4-34-19-32-31-18(37-19)16-3-2-10(9-35-16)29-17(33)15-8-28-13-6-11(21(25,26)27)12(22)7-14(13)30-15/h6-8,10,16H,2-5,9H2,1H3,(H,29,33)/t10-,16+/m0/s1. The summed E-state index contributed by atoms with van der Waals surface area (Å²) in [6.07, 6.45) is -7.23. The van der Waals surface area contributed by atoms with Crippen LogP contribution in [0.4, 0.5) is 26.3 Å². The van der Waals surface area contributed by atoms with Crippen molar-refractivity contribution in [3.05, 3.63) is 41.3 Å². The van der Waals surface area contributed by atoms with Crippen molar-refractivity contribution >= 4 is 16.9 Å². The molecule has 10 nitrogen and oxygen atoms in total. The molecule has 4 rings (SSSR count). The Labute approximate surface area is 204 Å². The summed E-state index contributed by atoms with van der Waals surface area (Å²) in [5.74, 6) is -2.10. The quantitative estimate of drug-likeness (QED) is 0.339. The number of carbonyl (C=O) groups excluding carboxylic acids is 1. The number of halogens is 6. The summed E-state index contributed by atoms with van der Waals surface area (Å²) in [7, 11) is 0. The molecule has 0 aliphatic carbocycles. The van der Waals surface area contributed by atoms with Crippen molar-refractivity contribution in [2.45, 2.75) is 44.2 Å². The fraction of sp³-hybridized carbons (Fsp3) is 0.476. The number of carbonyl (C=O) groups is 1. The van der Waals surface area contributed by atoms with Gasteiger partial charge in [0, 0.05) is 13.0 Å². The van der Waals surface area contributed by atoms with Crippen molar-refractivity contribution in [3.8, 4) is 6.08 Å². The van der Waals surface area contributed by atoms with Gasteiger partial charge < -0.3 is 23.9 Å². The minimum Gasteiger partial charge on any atom is -0.447 e. The molecule has 0 radical (unpaired) electrons. The number of amides is 1. The third kappa shape index (κ3) is 6.82. The van der Waals surface area contributed by atoms with Crippen LogP contribution in [0.3, 0.4) is 0 Å². The molecule has 0 spiro atoms. The highest BCUT2D eigenvalue weighted by atomic mass is 19.4. The maximum atomic E-state index is 13.9. The van der Waals surface area contributed by atoms with Crippen LogP contribution in [-0.2, 0) is 15.7 Å². The van der Waals surface area contributed by atoms with Gasteiger partial charge in [-0.3, -0.25) is 9.78 Å². The Morgan fingerprint density at radius 2 is 1.92 bits per heavy atom. The smallest absolute Gasteiger partial charge is 0.419 e. The van der Waals surface area contributed by atoms with Crippen LogP contribution in [0.15, 0.2) is 22.7 Å². The molecule has 1 N–H and O–H groups in total. The lowest BCUT2D eigenvalue weighted by molar-refractivity contribution is -0.226. The molecule has 0 saturated carbocycles. The molecule has 3 heterocycles. The Bertz CT molecular complexity index is 1260. The normalized spacial score (nSPS) is 18.7. The van der Waals surface area contributed by atoms with Gasteiger partial charge in [-0.2, -0.15) is 22.0 Å². The first-order valence-electron chi connectivity index (χ1n) is 10.8. The van der Waals surface area contributed by atoms with Crippen LogP contribution in [0, 0.1) is 5.82 Å². The first kappa shape index (κ1) is 26.5. The van der Waals surface area contributed by atoms with Crippen molar-refractivity contribution < 1.29 is 49.8 Å². The number of hydrogen-bond acceptors (Lipinski definition) is 9. The summed E-state index contributed by atoms with van der Waals surface area (Å²) >= 11 is 0. The predicted molar refractivity (Wildman–Crippen MR) is 110 cm³/mol. The molecule has 3 aromatic rings. The Balaban J connectivity index is 1.29. The van der Waals surface area contributed by atoms with Crippen molar-refractivity contribution in [2.24, 2.45) is 0 Å². The topological polar surface area (TPSA) is 121 Å². The summed E-state index contributed by atoms with van der Waals surface area (Å²) < 4.78 is 97.9. The van der Waals surface area contributed by atoms with E-state index in [1.54, 1.807) is 0 Å². The zero-order valence-electron chi connectivity index (χ0n) is 19.0. The van der Waals surface area contributed by atoms with Crippen molar-refractivity contribution in [2.75, 3.05) is 19.8 Å². The average molecular weight is 535 g/mol. The summed E-state index contributed by atoms with van der Waals surface area (Å²) in [5, 5.41) is 10.1. The summed E-state index contributed by atoms with van der Waals surface area (Å²) in [6, 6.07) is 0.655. The Kier molecular flexibility index (Phi) is 7.49. The lowest BCUT2D eigenvalue weighted by Crippen LogP contribution is -2.41. The van der Waals surface area contributed by atoms with Gasteiger partial charge in [0.2, 0.25) is 5.89 Å². The number of ether oxygens (including phenoxy) is 3. The second-order valence-corrected chi connectivity index (χ2v) is 8.05. The molecule has 200 valence electrons. The first-order valence-corrected chi connectivity index (χ1v) is 10.8. The molecular formula is C21H19F6N5O5. The lowest BCUT2D eigenvalue weighted by Gasteiger charge is -2.27. The van der Waals surface area contributed by atoms with Gasteiger partial charge in [0.1, 0.15) is 24.2 Å². The Hall–Kier alpha value is -3.53. The molecule has 2 aromatic heterocycles. The maximum Gasteiger partial charge on any atom is 0.419 e. The molecule has 37 heavy (non-hydrogen) atoms. The number of rotatable bonds is 8. The Morgan fingerprint density at radius 1 is 1.14 bits per heavy atom. The second kappa shape index (κ2) is 10.5. The molecule has 1 aromatic carbocycles. The molecular weight excluding hydrogens is 516 g/mol. The van der Waals surface area contributed by atoms with Crippen LogP contribution in [0.1, 0.15) is 47.8 Å². The number of nitrogens with zero attached hydrogens (tertiary/aromatic N) is 4. The van der Waals surface area contributed by atoms with Gasteiger partial charge >= 0.3 is 18.4 Å². The van der Waals surface area contributed by atoms with E-state index in [-0.39, 0.29) is 41.9 Å². The van der Waals surface area contributed by atoms with E-state index in [2.05, 4.69) is 30.2 Å². The van der Waals surface area contributed by atoms with E-state index < -0.39 is 48.3 Å². The SMILES string of the molecule is CC(F)(F)OCCOc1nnc([C@H]2CC[C@H](NC(=O)c3cnc4cc(C(F)(F)F)c(F)cc4n3)CO2)o1. The fourth-order valence-corrected chi connectivity index (χ4v) is 3.44. The van der Waals surface area contributed by atoms with E-state index in [0.717, 1.165) is 6.20 Å². The van der Waals surface area contributed by atoms with Crippen molar-refractivity contribution in [1.82, 2.24) is 25.5 Å². The zero-order chi connectivity index (χ0) is 26.8. The molecule has 1 saturated heterocycles. The van der Waals surface area contributed by atoms with E-state index >= 15 is 0 Å². The van der Waals surface area contributed by atoms with E-state index in [0.29, 0.717) is 31.9 Å². The number of aromatic nitrogens is 4. The second-order valence-electron chi connectivity index (χ2n) is 8.05. The number of hydrogen-bond donors (Lipinski definition) is 1. The summed E-state index contributed by atoms with van der Waals surface area (Å²) in [6.45, 7) is 0.0192. The van der Waals surface area contributed by atoms with Gasteiger partial charge in [-0.05, 0) is 18.9 Å². The summed E-state index contributed by atoms with van der Waals surface area (Å²) in [4.78, 5) is 20.3. The number of nitrogens with one attached hydrogen (secondary N) is 1. The first-order chi connectivity index (χ1) is 17.4. The molecule has 2 atom stereocenters.